The fourth-order valence-electron chi connectivity index (χ4n) is 1.08. The number of ether oxygens (including phenoxy) is 1. The van der Waals surface area contributed by atoms with Gasteiger partial charge in [-0.1, -0.05) is 0 Å². The Labute approximate surface area is 97.6 Å². The number of nitrogens with two attached hydrogens (primary N) is 2. The second kappa shape index (κ2) is 5.04. The van der Waals surface area contributed by atoms with Gasteiger partial charge in [0.2, 0.25) is 0 Å². The van der Waals surface area contributed by atoms with Crippen molar-refractivity contribution in [3.05, 3.63) is 34.6 Å². The fraction of sp³-hybridized carbons (Fsp3) is 0.200. The molecule has 4 N–H and O–H groups in total. The summed E-state index contributed by atoms with van der Waals surface area (Å²) >= 11 is 3.37. The number of hydrazine groups is 1. The van der Waals surface area contributed by atoms with Crippen LogP contribution in [0, 0.1) is 0 Å². The van der Waals surface area contributed by atoms with Gasteiger partial charge in [-0.15, -0.1) is 0 Å². The van der Waals surface area contributed by atoms with E-state index < -0.39 is 0 Å². The first-order chi connectivity index (χ1) is 7.10. The van der Waals surface area contributed by atoms with E-state index in [4.69, 9.17) is 16.3 Å². The zero-order valence-corrected chi connectivity index (χ0v) is 10.3. The minimum atomic E-state index is 0.729. The Morgan fingerprint density at radius 2 is 2.20 bits per heavy atom. The predicted octanol–water partition coefficient (Wildman–Crippen LogP) is 1.96. The average Bonchev–Trinajstić information content (AvgIpc) is 2.27. The summed E-state index contributed by atoms with van der Waals surface area (Å²) < 4.78 is 6.06. The van der Waals surface area contributed by atoms with Crippen molar-refractivity contribution in [3.8, 4) is 5.75 Å². The molecule has 82 valence electrons. The van der Waals surface area contributed by atoms with Crippen molar-refractivity contribution in [1.82, 2.24) is 0 Å². The van der Waals surface area contributed by atoms with Crippen molar-refractivity contribution in [3.63, 3.8) is 0 Å². The number of allylic oxidation sites excluding steroid dienone is 1. The van der Waals surface area contributed by atoms with Gasteiger partial charge in [0.1, 0.15) is 5.75 Å². The van der Waals surface area contributed by atoms with Gasteiger partial charge < -0.3 is 10.5 Å². The van der Waals surface area contributed by atoms with Crippen LogP contribution >= 0.6 is 15.9 Å². The number of anilines is 1. The minimum absolute atomic E-state index is 0.729. The van der Waals surface area contributed by atoms with Gasteiger partial charge >= 0.3 is 0 Å². The maximum Gasteiger partial charge on any atom is 0.135 e. The topological polar surface area (TPSA) is 64.5 Å². The summed E-state index contributed by atoms with van der Waals surface area (Å²) in [6.07, 6.45) is 1.45. The molecule has 0 aliphatic carbocycles. The zero-order valence-electron chi connectivity index (χ0n) is 8.70. The van der Waals surface area contributed by atoms with Gasteiger partial charge in [-0.25, -0.2) is 5.84 Å². The molecule has 0 aromatic heterocycles. The van der Waals surface area contributed by atoms with Crippen LogP contribution in [0.1, 0.15) is 6.92 Å². The molecule has 0 radical (unpaired) electrons. The number of methoxy groups -OCH3 is 1. The molecule has 4 nitrogen and oxygen atoms in total. The highest BCUT2D eigenvalue weighted by Gasteiger charge is 2.06. The van der Waals surface area contributed by atoms with Gasteiger partial charge in [-0.3, -0.25) is 5.01 Å². The van der Waals surface area contributed by atoms with Crippen molar-refractivity contribution in [2.45, 2.75) is 6.92 Å². The van der Waals surface area contributed by atoms with Crippen LogP contribution in [-0.2, 0) is 0 Å². The molecule has 1 aromatic carbocycles. The van der Waals surface area contributed by atoms with Crippen LogP contribution in [0.25, 0.3) is 0 Å². The average molecular weight is 272 g/mol. The second-order valence-corrected chi connectivity index (χ2v) is 3.85. The first-order valence-corrected chi connectivity index (χ1v) is 5.16. The maximum absolute atomic E-state index is 5.84. The number of hydrogen-bond donors (Lipinski definition) is 2. The summed E-state index contributed by atoms with van der Waals surface area (Å²) in [7, 11) is 1.61. The van der Waals surface area contributed by atoms with Crippen LogP contribution in [-0.4, -0.2) is 7.11 Å². The fourth-order valence-corrected chi connectivity index (χ4v) is 1.49. The molecular formula is C10H14BrN3O. The van der Waals surface area contributed by atoms with E-state index >= 15 is 0 Å². The van der Waals surface area contributed by atoms with E-state index in [1.54, 1.807) is 7.11 Å². The van der Waals surface area contributed by atoms with Crippen LogP contribution in [0.5, 0.6) is 5.75 Å². The van der Waals surface area contributed by atoms with Crippen molar-refractivity contribution >= 4 is 21.6 Å². The molecule has 0 spiro atoms. The van der Waals surface area contributed by atoms with Gasteiger partial charge in [-0.05, 0) is 35.0 Å². The third-order valence-electron chi connectivity index (χ3n) is 2.03. The van der Waals surface area contributed by atoms with Crippen molar-refractivity contribution in [2.24, 2.45) is 11.6 Å². The summed E-state index contributed by atoms with van der Waals surface area (Å²) in [5.74, 6) is 6.57. The molecule has 0 saturated heterocycles. The zero-order chi connectivity index (χ0) is 11.4. The monoisotopic (exact) mass is 271 g/mol. The van der Waals surface area contributed by atoms with E-state index in [0.717, 1.165) is 21.6 Å². The Hall–Kier alpha value is -1.20. The van der Waals surface area contributed by atoms with Gasteiger partial charge in [0.15, 0.2) is 0 Å². The number of benzene rings is 1. The summed E-state index contributed by atoms with van der Waals surface area (Å²) in [5.41, 5.74) is 6.96. The third kappa shape index (κ3) is 2.64. The summed E-state index contributed by atoms with van der Waals surface area (Å²) in [4.78, 5) is 0. The van der Waals surface area contributed by atoms with E-state index in [9.17, 15) is 0 Å². The molecule has 0 fully saturated rings. The molecule has 0 atom stereocenters. The molecule has 0 heterocycles. The van der Waals surface area contributed by atoms with Gasteiger partial charge in [0.25, 0.3) is 0 Å². The lowest BCUT2D eigenvalue weighted by Gasteiger charge is -2.19. The predicted molar refractivity (Wildman–Crippen MR) is 65.3 cm³/mol. The highest BCUT2D eigenvalue weighted by molar-refractivity contribution is 9.10. The van der Waals surface area contributed by atoms with Crippen LogP contribution in [0.4, 0.5) is 5.69 Å². The summed E-state index contributed by atoms with van der Waals surface area (Å²) in [6.45, 7) is 1.83. The highest BCUT2D eigenvalue weighted by Crippen LogP contribution is 2.29. The Morgan fingerprint density at radius 3 is 2.73 bits per heavy atom. The molecule has 0 unspecified atom stereocenters. The first-order valence-electron chi connectivity index (χ1n) is 4.37. The number of rotatable bonds is 3. The van der Waals surface area contributed by atoms with Gasteiger partial charge in [0.05, 0.1) is 17.3 Å². The highest BCUT2D eigenvalue weighted by atomic mass is 79.9. The summed E-state index contributed by atoms with van der Waals surface area (Å²) in [6, 6.07) is 5.58. The van der Waals surface area contributed by atoms with Gasteiger partial charge in [-0.2, -0.15) is 0 Å². The smallest absolute Gasteiger partial charge is 0.135 e. The Bertz CT molecular complexity index is 379. The molecule has 5 heteroatoms. The van der Waals surface area contributed by atoms with Crippen LogP contribution < -0.4 is 21.3 Å². The lowest BCUT2D eigenvalue weighted by Crippen LogP contribution is -2.29. The first kappa shape index (κ1) is 11.9. The van der Waals surface area contributed by atoms with E-state index in [1.165, 1.54) is 11.2 Å². The lowest BCUT2D eigenvalue weighted by atomic mass is 10.3. The molecule has 0 aliphatic heterocycles. The van der Waals surface area contributed by atoms with E-state index in [1.807, 2.05) is 25.1 Å². The normalized spacial score (nSPS) is 11.3. The number of halogens is 1. The van der Waals surface area contributed by atoms with Crippen molar-refractivity contribution in [2.75, 3.05) is 12.1 Å². The molecule has 1 aromatic rings. The van der Waals surface area contributed by atoms with Crippen molar-refractivity contribution in [1.29, 1.82) is 0 Å². The number of hydrogen-bond acceptors (Lipinski definition) is 4. The van der Waals surface area contributed by atoms with Crippen LogP contribution in [0.15, 0.2) is 34.6 Å². The van der Waals surface area contributed by atoms with Crippen LogP contribution in [0.2, 0.25) is 0 Å². The van der Waals surface area contributed by atoms with E-state index in [0.29, 0.717) is 0 Å². The quantitative estimate of drug-likeness (QED) is 0.652. The molecule has 0 amide bonds. The number of nitrogens with zero attached hydrogens (tertiary/aromatic N) is 1. The summed E-state index contributed by atoms with van der Waals surface area (Å²) in [5, 5.41) is 1.50. The third-order valence-corrected chi connectivity index (χ3v) is 2.69. The van der Waals surface area contributed by atoms with E-state index in [-0.39, 0.29) is 0 Å². The minimum Gasteiger partial charge on any atom is -0.495 e. The molecule has 1 rings (SSSR count). The SMILES string of the molecule is COc1cc(N(N)/C(C)=C\N)ccc1Br. The van der Waals surface area contributed by atoms with Crippen molar-refractivity contribution < 1.29 is 4.74 Å². The Morgan fingerprint density at radius 1 is 1.53 bits per heavy atom. The van der Waals surface area contributed by atoms with Crippen LogP contribution in [0.3, 0.4) is 0 Å². The molecule has 0 aliphatic rings. The van der Waals surface area contributed by atoms with Gasteiger partial charge in [0, 0.05) is 18.0 Å². The molecule has 0 saturated carbocycles. The molecular weight excluding hydrogens is 258 g/mol. The Kier molecular flexibility index (Phi) is 3.99. The second-order valence-electron chi connectivity index (χ2n) is 3.00. The largest absolute Gasteiger partial charge is 0.495 e. The van der Waals surface area contributed by atoms with E-state index in [2.05, 4.69) is 15.9 Å². The molecule has 15 heavy (non-hydrogen) atoms. The lowest BCUT2D eigenvalue weighted by molar-refractivity contribution is 0.412. The maximum atomic E-state index is 5.84. The Balaban J connectivity index is 3.06. The molecule has 0 bridgehead atoms. The standard InChI is InChI=1S/C10H14BrN3O/c1-7(6-12)14(13)8-3-4-9(11)10(5-8)15-2/h3-6H,12-13H2,1-2H3/b7-6-.